The molecule has 52 valence electrons. The average Bonchev–Trinajstić information content (AvgIpc) is 1.60. The summed E-state index contributed by atoms with van der Waals surface area (Å²) in [6, 6.07) is 0.641. The van der Waals surface area contributed by atoms with E-state index in [-0.39, 0.29) is 0 Å². The quantitative estimate of drug-likeness (QED) is 0.550. The first-order chi connectivity index (χ1) is 4.22. The lowest BCUT2D eigenvalue weighted by Crippen LogP contribution is -2.43. The molecule has 0 aromatic rings. The van der Waals surface area contributed by atoms with E-state index in [1.165, 1.54) is 19.3 Å². The molecule has 0 aliphatic heterocycles. The molecule has 1 saturated carbocycles. The summed E-state index contributed by atoms with van der Waals surface area (Å²) >= 11 is 4.80. The zero-order valence-corrected chi connectivity index (χ0v) is 6.45. The van der Waals surface area contributed by atoms with Gasteiger partial charge in [0.05, 0.1) is 0 Å². The van der Waals surface area contributed by atoms with Crippen molar-refractivity contribution in [1.29, 1.82) is 0 Å². The van der Waals surface area contributed by atoms with Gasteiger partial charge in [-0.2, -0.15) is 0 Å². The Bertz CT molecular complexity index is 120. The van der Waals surface area contributed by atoms with Crippen LogP contribution in [0.3, 0.4) is 0 Å². The van der Waals surface area contributed by atoms with Gasteiger partial charge in [0.1, 0.15) is 0 Å². The fourth-order valence-corrected chi connectivity index (χ4v) is 1.10. The molecule has 0 amide bonds. The maximum absolute atomic E-state index is 5.40. The summed E-state index contributed by atoms with van der Waals surface area (Å²) < 4.78 is 0. The highest BCUT2D eigenvalue weighted by Crippen LogP contribution is 2.22. The first-order valence-corrected chi connectivity index (χ1v) is 3.65. The van der Waals surface area contributed by atoms with E-state index in [9.17, 15) is 0 Å². The monoisotopic (exact) mass is 144 g/mol. The van der Waals surface area contributed by atoms with Crippen molar-refractivity contribution in [2.45, 2.75) is 25.3 Å². The molecule has 0 saturated heterocycles. The van der Waals surface area contributed by atoms with Gasteiger partial charge < -0.3 is 10.6 Å². The standard InChI is InChI=1S/C6H12N2S/c1-8(6(7)9)5-3-2-4-5/h5H,2-4H2,1H3,(H2,7,9). The Balaban J connectivity index is 2.32. The SMILES string of the molecule is CN(C(N)=S)C1CCC1. The van der Waals surface area contributed by atoms with Crippen LogP contribution in [-0.2, 0) is 0 Å². The van der Waals surface area contributed by atoms with Crippen LogP contribution in [-0.4, -0.2) is 23.1 Å². The summed E-state index contributed by atoms with van der Waals surface area (Å²) in [7, 11) is 1.96. The number of nitrogens with zero attached hydrogens (tertiary/aromatic N) is 1. The van der Waals surface area contributed by atoms with E-state index in [1.54, 1.807) is 0 Å². The predicted molar refractivity (Wildman–Crippen MR) is 42.2 cm³/mol. The summed E-state index contributed by atoms with van der Waals surface area (Å²) in [5.74, 6) is 0. The van der Waals surface area contributed by atoms with Crippen molar-refractivity contribution >= 4 is 17.3 Å². The third-order valence-electron chi connectivity index (χ3n) is 1.97. The van der Waals surface area contributed by atoms with Gasteiger partial charge in [0.25, 0.3) is 0 Å². The molecule has 0 bridgehead atoms. The van der Waals surface area contributed by atoms with Gasteiger partial charge in [-0.25, -0.2) is 0 Å². The van der Waals surface area contributed by atoms with Gasteiger partial charge >= 0.3 is 0 Å². The highest BCUT2D eigenvalue weighted by Gasteiger charge is 2.22. The summed E-state index contributed by atoms with van der Waals surface area (Å²) in [4.78, 5) is 1.98. The molecule has 1 rings (SSSR count). The topological polar surface area (TPSA) is 29.3 Å². The van der Waals surface area contributed by atoms with Crippen LogP contribution < -0.4 is 5.73 Å². The molecule has 0 atom stereocenters. The van der Waals surface area contributed by atoms with Crippen molar-refractivity contribution < 1.29 is 0 Å². The molecule has 2 N–H and O–H groups in total. The van der Waals surface area contributed by atoms with E-state index in [4.69, 9.17) is 18.0 Å². The van der Waals surface area contributed by atoms with Gasteiger partial charge in [0.2, 0.25) is 0 Å². The van der Waals surface area contributed by atoms with E-state index in [1.807, 2.05) is 11.9 Å². The molecule has 1 aliphatic rings. The third kappa shape index (κ3) is 1.33. The van der Waals surface area contributed by atoms with E-state index < -0.39 is 0 Å². The zero-order valence-electron chi connectivity index (χ0n) is 5.63. The van der Waals surface area contributed by atoms with E-state index in [0.717, 1.165) is 0 Å². The van der Waals surface area contributed by atoms with Gasteiger partial charge in [-0.05, 0) is 31.5 Å². The van der Waals surface area contributed by atoms with Gasteiger partial charge in [-0.3, -0.25) is 0 Å². The molecular weight excluding hydrogens is 132 g/mol. The lowest BCUT2D eigenvalue weighted by Gasteiger charge is -2.34. The Kier molecular flexibility index (Phi) is 1.90. The summed E-state index contributed by atoms with van der Waals surface area (Å²) in [6.07, 6.45) is 3.85. The van der Waals surface area contributed by atoms with Crippen LogP contribution in [0, 0.1) is 0 Å². The minimum Gasteiger partial charge on any atom is -0.376 e. The first kappa shape index (κ1) is 6.81. The lowest BCUT2D eigenvalue weighted by atomic mass is 9.92. The van der Waals surface area contributed by atoms with Gasteiger partial charge in [-0.1, -0.05) is 0 Å². The summed E-state index contributed by atoms with van der Waals surface area (Å²) in [6.45, 7) is 0. The van der Waals surface area contributed by atoms with Crippen molar-refractivity contribution in [1.82, 2.24) is 4.90 Å². The van der Waals surface area contributed by atoms with Gasteiger partial charge in [0.15, 0.2) is 5.11 Å². The maximum atomic E-state index is 5.40. The Morgan fingerprint density at radius 2 is 2.22 bits per heavy atom. The first-order valence-electron chi connectivity index (χ1n) is 3.24. The molecular formula is C6H12N2S. The fraction of sp³-hybridized carbons (Fsp3) is 0.833. The highest BCUT2D eigenvalue weighted by molar-refractivity contribution is 7.80. The maximum Gasteiger partial charge on any atom is 0.166 e. The van der Waals surface area contributed by atoms with E-state index >= 15 is 0 Å². The molecule has 1 aliphatic carbocycles. The Hall–Kier alpha value is -0.310. The molecule has 2 nitrogen and oxygen atoms in total. The second kappa shape index (κ2) is 2.52. The number of hydrogen-bond acceptors (Lipinski definition) is 1. The smallest absolute Gasteiger partial charge is 0.166 e. The summed E-state index contributed by atoms with van der Waals surface area (Å²) in [5, 5.41) is 0.528. The van der Waals surface area contributed by atoms with E-state index in [2.05, 4.69) is 0 Å². The van der Waals surface area contributed by atoms with Crippen molar-refractivity contribution in [3.05, 3.63) is 0 Å². The van der Waals surface area contributed by atoms with E-state index in [0.29, 0.717) is 11.2 Å². The number of rotatable bonds is 1. The highest BCUT2D eigenvalue weighted by atomic mass is 32.1. The van der Waals surface area contributed by atoms with Crippen LogP contribution in [0.25, 0.3) is 0 Å². The Labute approximate surface area is 61.0 Å². The third-order valence-corrected chi connectivity index (χ3v) is 2.26. The molecule has 0 aromatic heterocycles. The molecule has 9 heavy (non-hydrogen) atoms. The fourth-order valence-electron chi connectivity index (χ4n) is 0.954. The second-order valence-corrected chi connectivity index (χ2v) is 2.95. The summed E-state index contributed by atoms with van der Waals surface area (Å²) in [5.41, 5.74) is 5.40. The van der Waals surface area contributed by atoms with Crippen molar-refractivity contribution in [2.24, 2.45) is 5.73 Å². The Morgan fingerprint density at radius 1 is 1.67 bits per heavy atom. The van der Waals surface area contributed by atoms with Crippen LogP contribution in [0.1, 0.15) is 19.3 Å². The number of nitrogens with two attached hydrogens (primary N) is 1. The second-order valence-electron chi connectivity index (χ2n) is 2.53. The van der Waals surface area contributed by atoms with Crippen molar-refractivity contribution in [3.8, 4) is 0 Å². The van der Waals surface area contributed by atoms with Gasteiger partial charge in [-0.15, -0.1) is 0 Å². The normalized spacial score (nSPS) is 18.8. The van der Waals surface area contributed by atoms with Crippen molar-refractivity contribution in [3.63, 3.8) is 0 Å². The number of hydrogen-bond donors (Lipinski definition) is 1. The lowest BCUT2D eigenvalue weighted by molar-refractivity contribution is 0.242. The minimum absolute atomic E-state index is 0.528. The molecule has 1 fully saturated rings. The largest absolute Gasteiger partial charge is 0.376 e. The Morgan fingerprint density at radius 3 is 2.33 bits per heavy atom. The molecule has 0 heterocycles. The predicted octanol–water partition coefficient (Wildman–Crippen LogP) is 0.714. The van der Waals surface area contributed by atoms with Crippen LogP contribution in [0.4, 0.5) is 0 Å². The molecule has 0 aromatic carbocycles. The molecule has 3 heteroatoms. The molecule has 0 spiro atoms. The number of thiocarbonyl (C=S) groups is 1. The van der Waals surface area contributed by atoms with Gasteiger partial charge in [0, 0.05) is 13.1 Å². The average molecular weight is 144 g/mol. The van der Waals surface area contributed by atoms with Crippen LogP contribution >= 0.6 is 12.2 Å². The van der Waals surface area contributed by atoms with Crippen LogP contribution in [0.15, 0.2) is 0 Å². The van der Waals surface area contributed by atoms with Crippen LogP contribution in [0.2, 0.25) is 0 Å². The molecule has 0 radical (unpaired) electrons. The zero-order chi connectivity index (χ0) is 6.85. The van der Waals surface area contributed by atoms with Crippen LogP contribution in [0.5, 0.6) is 0 Å². The van der Waals surface area contributed by atoms with Crippen molar-refractivity contribution in [2.75, 3.05) is 7.05 Å². The minimum atomic E-state index is 0.528. The molecule has 0 unspecified atom stereocenters.